The number of thioether (sulfide) groups is 1. The number of rotatable bonds is 7. The van der Waals surface area contributed by atoms with Gasteiger partial charge in [0.1, 0.15) is 6.61 Å². The summed E-state index contributed by atoms with van der Waals surface area (Å²) < 4.78 is 40.4. The van der Waals surface area contributed by atoms with Crippen molar-refractivity contribution in [1.82, 2.24) is 0 Å². The van der Waals surface area contributed by atoms with E-state index in [4.69, 9.17) is 16.4 Å². The van der Waals surface area contributed by atoms with Crippen LogP contribution in [-0.2, 0) is 4.74 Å². The third-order valence-electron chi connectivity index (χ3n) is 1.56. The predicted molar refractivity (Wildman–Crippen MR) is 56.8 cm³/mol. The minimum Gasteiger partial charge on any atom is -0.369 e. The molecule has 0 saturated carbocycles. The third kappa shape index (κ3) is 9.70. The van der Waals surface area contributed by atoms with Crippen LogP contribution in [0.2, 0.25) is 0 Å². The van der Waals surface area contributed by atoms with E-state index in [9.17, 15) is 13.2 Å². The molecule has 0 heterocycles. The van der Waals surface area contributed by atoms with Crippen molar-refractivity contribution in [2.75, 3.05) is 19.0 Å². The van der Waals surface area contributed by atoms with Gasteiger partial charge in [-0.25, -0.2) is 0 Å². The molecule has 0 aromatic heterocycles. The largest absolute Gasteiger partial charge is 0.389 e. The summed E-state index contributed by atoms with van der Waals surface area (Å²) in [7, 11) is 0. The summed E-state index contributed by atoms with van der Waals surface area (Å²) in [4.78, 5) is 0. The van der Waals surface area contributed by atoms with Crippen LogP contribution in [0, 0.1) is 23.7 Å². The molecular weight excluding hydrogens is 239 g/mol. The van der Waals surface area contributed by atoms with Gasteiger partial charge in [0, 0.05) is 12.4 Å². The summed E-state index contributed by atoms with van der Waals surface area (Å²) in [5.41, 5.74) is 0. The topological polar surface area (TPSA) is 33.0 Å². The maximum atomic E-state index is 11.8. The lowest BCUT2D eigenvalue weighted by atomic mass is 10.3. The van der Waals surface area contributed by atoms with E-state index in [0.29, 0.717) is 13.0 Å². The molecule has 16 heavy (non-hydrogen) atoms. The van der Waals surface area contributed by atoms with Gasteiger partial charge < -0.3 is 4.74 Å². The van der Waals surface area contributed by atoms with E-state index in [1.54, 1.807) is 0 Å². The van der Waals surface area contributed by atoms with Gasteiger partial charge in [0.25, 0.3) is 0 Å². The Labute approximate surface area is 97.1 Å². The molecule has 0 aliphatic heterocycles. The Hall–Kier alpha value is -0.850. The summed E-state index contributed by atoms with van der Waals surface area (Å²) in [5.74, 6) is 2.16. The van der Waals surface area contributed by atoms with E-state index in [1.165, 1.54) is 0 Å². The van der Waals surface area contributed by atoms with E-state index < -0.39 is 17.8 Å². The number of hydrogen-bond acceptors (Lipinski definition) is 3. The number of hydrogen-bond donors (Lipinski definition) is 0. The first kappa shape index (κ1) is 15.2. The second-order valence-corrected chi connectivity index (χ2v) is 4.21. The number of nitrogens with zero attached hydrogens (tertiary/aromatic N) is 1. The van der Waals surface area contributed by atoms with E-state index in [1.807, 2.05) is 6.07 Å². The first-order chi connectivity index (χ1) is 7.49. The average Bonchev–Trinajstić information content (AvgIpc) is 2.20. The highest BCUT2D eigenvalue weighted by Gasteiger charge is 2.26. The van der Waals surface area contributed by atoms with Gasteiger partial charge in [0.2, 0.25) is 0 Å². The van der Waals surface area contributed by atoms with Crippen molar-refractivity contribution in [1.29, 1.82) is 5.26 Å². The number of alkyl halides is 3. The van der Waals surface area contributed by atoms with Crippen LogP contribution >= 0.6 is 11.8 Å². The van der Waals surface area contributed by atoms with E-state index in [-0.39, 0.29) is 12.4 Å². The zero-order chi connectivity index (χ0) is 12.4. The van der Waals surface area contributed by atoms with E-state index in [2.05, 4.69) is 5.92 Å². The van der Waals surface area contributed by atoms with Gasteiger partial charge in [-0.2, -0.15) is 18.4 Å². The first-order valence-electron chi connectivity index (χ1n) is 4.58. The van der Waals surface area contributed by atoms with Gasteiger partial charge in [-0.15, -0.1) is 18.2 Å². The Morgan fingerprint density at radius 1 is 1.44 bits per heavy atom. The average molecular weight is 251 g/mol. The predicted octanol–water partition coefficient (Wildman–Crippen LogP) is 2.60. The fourth-order valence-electron chi connectivity index (χ4n) is 0.824. The standard InChI is InChI=1S/C10H12F3NOS/c1-2-5-15-6-3-9(8-14)16-7-4-10(11,12)13/h1,9H,3-7H2. The monoisotopic (exact) mass is 251 g/mol. The van der Waals surface area contributed by atoms with Gasteiger partial charge in [0.05, 0.1) is 17.7 Å². The molecule has 0 fully saturated rings. The van der Waals surface area contributed by atoms with Crippen LogP contribution in [0.25, 0.3) is 0 Å². The Kier molecular flexibility index (Phi) is 7.88. The Bertz CT molecular complexity index is 267. The lowest BCUT2D eigenvalue weighted by Crippen LogP contribution is -2.11. The Balaban J connectivity index is 3.61. The fourth-order valence-corrected chi connectivity index (χ4v) is 1.79. The highest BCUT2D eigenvalue weighted by atomic mass is 32.2. The van der Waals surface area contributed by atoms with Crippen molar-refractivity contribution in [3.05, 3.63) is 0 Å². The van der Waals surface area contributed by atoms with Crippen molar-refractivity contribution in [2.24, 2.45) is 0 Å². The number of nitriles is 1. The van der Waals surface area contributed by atoms with Crippen molar-refractivity contribution >= 4 is 11.8 Å². The molecule has 90 valence electrons. The minimum atomic E-state index is -4.16. The fraction of sp³-hybridized carbons (Fsp3) is 0.700. The van der Waals surface area contributed by atoms with Crippen LogP contribution in [0.4, 0.5) is 13.2 Å². The van der Waals surface area contributed by atoms with Crippen LogP contribution in [0.5, 0.6) is 0 Å². The molecule has 2 nitrogen and oxygen atoms in total. The van der Waals surface area contributed by atoms with Crippen molar-refractivity contribution in [3.63, 3.8) is 0 Å². The molecule has 0 radical (unpaired) electrons. The highest BCUT2D eigenvalue weighted by Crippen LogP contribution is 2.24. The van der Waals surface area contributed by atoms with Crippen LogP contribution in [-0.4, -0.2) is 30.4 Å². The van der Waals surface area contributed by atoms with Crippen LogP contribution in [0.1, 0.15) is 12.8 Å². The summed E-state index contributed by atoms with van der Waals surface area (Å²) in [5, 5.41) is 8.19. The maximum Gasteiger partial charge on any atom is 0.389 e. The molecule has 0 aromatic rings. The Morgan fingerprint density at radius 2 is 2.12 bits per heavy atom. The maximum absolute atomic E-state index is 11.8. The lowest BCUT2D eigenvalue weighted by molar-refractivity contribution is -0.129. The van der Waals surface area contributed by atoms with Gasteiger partial charge >= 0.3 is 6.18 Å². The number of halogens is 3. The lowest BCUT2D eigenvalue weighted by Gasteiger charge is -2.09. The smallest absolute Gasteiger partial charge is 0.369 e. The molecule has 0 bridgehead atoms. The molecular formula is C10H12F3NOS. The molecule has 0 amide bonds. The molecule has 0 spiro atoms. The van der Waals surface area contributed by atoms with E-state index >= 15 is 0 Å². The number of terminal acetylenes is 1. The van der Waals surface area contributed by atoms with Crippen LogP contribution in [0.15, 0.2) is 0 Å². The van der Waals surface area contributed by atoms with Crippen LogP contribution < -0.4 is 0 Å². The van der Waals surface area contributed by atoms with Gasteiger partial charge in [0.15, 0.2) is 0 Å². The van der Waals surface area contributed by atoms with Crippen molar-refractivity contribution < 1.29 is 17.9 Å². The van der Waals surface area contributed by atoms with Crippen molar-refractivity contribution in [3.8, 4) is 18.4 Å². The second kappa shape index (κ2) is 8.32. The molecule has 0 aromatic carbocycles. The first-order valence-corrected chi connectivity index (χ1v) is 5.63. The molecule has 0 rings (SSSR count). The normalized spacial score (nSPS) is 12.8. The molecule has 1 unspecified atom stereocenters. The SMILES string of the molecule is C#CCOCCC(C#N)SCCC(F)(F)F. The zero-order valence-corrected chi connectivity index (χ0v) is 9.40. The van der Waals surface area contributed by atoms with Crippen molar-refractivity contribution in [2.45, 2.75) is 24.3 Å². The molecule has 1 atom stereocenters. The van der Waals surface area contributed by atoms with E-state index in [0.717, 1.165) is 11.8 Å². The van der Waals surface area contributed by atoms with Gasteiger partial charge in [-0.1, -0.05) is 5.92 Å². The minimum absolute atomic E-state index is 0.100. The molecule has 0 aliphatic carbocycles. The number of ether oxygens (including phenoxy) is 1. The summed E-state index contributed by atoms with van der Waals surface area (Å²) in [6.07, 6.45) is 0.292. The second-order valence-electron chi connectivity index (χ2n) is 2.90. The molecule has 0 N–H and O–H groups in total. The van der Waals surface area contributed by atoms with Crippen LogP contribution in [0.3, 0.4) is 0 Å². The van der Waals surface area contributed by atoms with Gasteiger partial charge in [-0.05, 0) is 6.42 Å². The summed E-state index contributed by atoms with van der Waals surface area (Å²) in [6.45, 7) is 0.451. The zero-order valence-electron chi connectivity index (χ0n) is 8.59. The quantitative estimate of drug-likeness (QED) is 0.515. The molecule has 0 saturated heterocycles. The Morgan fingerprint density at radius 3 is 2.62 bits per heavy atom. The third-order valence-corrected chi connectivity index (χ3v) is 2.74. The highest BCUT2D eigenvalue weighted by molar-refractivity contribution is 8.00. The molecule has 6 heteroatoms. The summed E-state index contributed by atoms with van der Waals surface area (Å²) >= 11 is 0.994. The van der Waals surface area contributed by atoms with Gasteiger partial charge in [-0.3, -0.25) is 0 Å². The summed E-state index contributed by atoms with van der Waals surface area (Å²) in [6, 6.07) is 1.93. The molecule has 0 aliphatic rings.